The molecular formula is C21H17NO2S. The van der Waals surface area contributed by atoms with Crippen LogP contribution in [0.1, 0.15) is 5.56 Å². The standard InChI is InChI=1S/C21H17NO2S/c1-24-17-10-5-9-16(13-17)18-11-6-12-19-20(18)21(23)22(25-19)14-15-7-3-2-4-8-15/h2-13H,14H2,1H3. The molecule has 1 heterocycles. The van der Waals surface area contributed by atoms with Gasteiger partial charge >= 0.3 is 0 Å². The van der Waals surface area contributed by atoms with Crippen LogP contribution in [0.25, 0.3) is 21.2 Å². The molecule has 0 aliphatic carbocycles. The molecule has 1 aromatic heterocycles. The SMILES string of the molecule is COc1cccc(-c2cccc3sn(Cc4ccccc4)c(=O)c23)c1. The Kier molecular flexibility index (Phi) is 4.12. The lowest BCUT2D eigenvalue weighted by atomic mass is 10.0. The maximum absolute atomic E-state index is 13.0. The summed E-state index contributed by atoms with van der Waals surface area (Å²) in [7, 11) is 1.65. The van der Waals surface area contributed by atoms with Crippen molar-refractivity contribution in [1.82, 2.24) is 3.96 Å². The highest BCUT2D eigenvalue weighted by Gasteiger charge is 2.13. The van der Waals surface area contributed by atoms with Gasteiger partial charge in [0.05, 0.1) is 23.7 Å². The molecule has 0 aliphatic rings. The van der Waals surface area contributed by atoms with Crippen LogP contribution in [0.3, 0.4) is 0 Å². The van der Waals surface area contributed by atoms with Gasteiger partial charge in [-0.05, 0) is 34.9 Å². The van der Waals surface area contributed by atoms with Gasteiger partial charge in [-0.2, -0.15) is 0 Å². The number of aromatic nitrogens is 1. The van der Waals surface area contributed by atoms with Crippen molar-refractivity contribution in [3.63, 3.8) is 0 Å². The summed E-state index contributed by atoms with van der Waals surface area (Å²) in [5.74, 6) is 0.786. The minimum Gasteiger partial charge on any atom is -0.497 e. The average molecular weight is 347 g/mol. The number of fused-ring (bicyclic) bond motifs is 1. The van der Waals surface area contributed by atoms with Crippen molar-refractivity contribution in [2.75, 3.05) is 7.11 Å². The van der Waals surface area contributed by atoms with E-state index in [0.717, 1.165) is 32.5 Å². The van der Waals surface area contributed by atoms with Gasteiger partial charge in [-0.1, -0.05) is 66.1 Å². The maximum Gasteiger partial charge on any atom is 0.269 e. The molecule has 0 amide bonds. The lowest BCUT2D eigenvalue weighted by Gasteiger charge is -2.05. The molecule has 0 saturated carbocycles. The van der Waals surface area contributed by atoms with Gasteiger partial charge in [0.25, 0.3) is 5.56 Å². The van der Waals surface area contributed by atoms with Crippen LogP contribution in [-0.2, 0) is 6.54 Å². The van der Waals surface area contributed by atoms with Gasteiger partial charge in [0.1, 0.15) is 5.75 Å². The fourth-order valence-electron chi connectivity index (χ4n) is 3.00. The van der Waals surface area contributed by atoms with Crippen LogP contribution < -0.4 is 10.3 Å². The molecule has 0 atom stereocenters. The highest BCUT2D eigenvalue weighted by atomic mass is 32.1. The minimum absolute atomic E-state index is 0.0577. The second-order valence-electron chi connectivity index (χ2n) is 5.83. The first-order valence-electron chi connectivity index (χ1n) is 8.07. The molecule has 0 N–H and O–H groups in total. The molecule has 0 spiro atoms. The summed E-state index contributed by atoms with van der Waals surface area (Å²) in [5.41, 5.74) is 3.12. The Balaban J connectivity index is 1.85. The quantitative estimate of drug-likeness (QED) is 0.532. The highest BCUT2D eigenvalue weighted by Crippen LogP contribution is 2.31. The van der Waals surface area contributed by atoms with Crippen molar-refractivity contribution >= 4 is 21.6 Å². The van der Waals surface area contributed by atoms with Crippen molar-refractivity contribution in [1.29, 1.82) is 0 Å². The molecule has 25 heavy (non-hydrogen) atoms. The van der Waals surface area contributed by atoms with Crippen molar-refractivity contribution in [2.24, 2.45) is 0 Å². The third kappa shape index (κ3) is 2.96. The topological polar surface area (TPSA) is 31.2 Å². The Hall–Kier alpha value is -2.85. The zero-order valence-electron chi connectivity index (χ0n) is 13.8. The number of nitrogens with zero attached hydrogens (tertiary/aromatic N) is 1. The van der Waals surface area contributed by atoms with E-state index in [4.69, 9.17) is 4.74 Å². The van der Waals surface area contributed by atoms with E-state index in [9.17, 15) is 4.79 Å². The lowest BCUT2D eigenvalue weighted by Crippen LogP contribution is -2.14. The third-order valence-corrected chi connectivity index (χ3v) is 5.28. The van der Waals surface area contributed by atoms with Crippen molar-refractivity contribution < 1.29 is 4.74 Å². The van der Waals surface area contributed by atoms with Crippen LogP contribution in [-0.4, -0.2) is 11.1 Å². The largest absolute Gasteiger partial charge is 0.497 e. The molecule has 0 bridgehead atoms. The van der Waals surface area contributed by atoms with Crippen LogP contribution in [0.2, 0.25) is 0 Å². The smallest absolute Gasteiger partial charge is 0.269 e. The van der Waals surface area contributed by atoms with E-state index in [1.165, 1.54) is 11.5 Å². The van der Waals surface area contributed by atoms with Crippen LogP contribution in [0, 0.1) is 0 Å². The van der Waals surface area contributed by atoms with Crippen molar-refractivity contribution in [3.05, 3.63) is 88.7 Å². The van der Waals surface area contributed by atoms with Gasteiger partial charge in [-0.15, -0.1) is 0 Å². The van der Waals surface area contributed by atoms with E-state index in [1.54, 1.807) is 7.11 Å². The Labute approximate surface area is 149 Å². The van der Waals surface area contributed by atoms with Gasteiger partial charge in [0.2, 0.25) is 0 Å². The number of ether oxygens (including phenoxy) is 1. The molecule has 0 fully saturated rings. The third-order valence-electron chi connectivity index (χ3n) is 4.22. The van der Waals surface area contributed by atoms with Crippen LogP contribution in [0.15, 0.2) is 77.6 Å². The van der Waals surface area contributed by atoms with E-state index in [1.807, 2.05) is 76.8 Å². The number of hydrogen-bond donors (Lipinski definition) is 0. The van der Waals surface area contributed by atoms with Crippen LogP contribution in [0.5, 0.6) is 5.75 Å². The molecule has 124 valence electrons. The van der Waals surface area contributed by atoms with Gasteiger partial charge < -0.3 is 4.74 Å². The van der Waals surface area contributed by atoms with E-state index < -0.39 is 0 Å². The normalized spacial score (nSPS) is 10.9. The average Bonchev–Trinajstić information content (AvgIpc) is 2.98. The lowest BCUT2D eigenvalue weighted by molar-refractivity contribution is 0.415. The minimum atomic E-state index is 0.0577. The molecule has 0 radical (unpaired) electrons. The fourth-order valence-corrected chi connectivity index (χ4v) is 4.05. The summed E-state index contributed by atoms with van der Waals surface area (Å²) >= 11 is 1.51. The van der Waals surface area contributed by atoms with Crippen LogP contribution >= 0.6 is 11.5 Å². The molecule has 0 unspecified atom stereocenters. The fraction of sp³-hybridized carbons (Fsp3) is 0.0952. The van der Waals surface area contributed by atoms with Gasteiger partial charge in [0.15, 0.2) is 0 Å². The molecule has 4 rings (SSSR count). The summed E-state index contributed by atoms with van der Waals surface area (Å²) in [6.07, 6.45) is 0. The van der Waals surface area contributed by atoms with Crippen molar-refractivity contribution in [2.45, 2.75) is 6.54 Å². The molecule has 0 saturated heterocycles. The Morgan fingerprint density at radius 1 is 0.960 bits per heavy atom. The Morgan fingerprint density at radius 3 is 2.56 bits per heavy atom. The molecule has 0 aliphatic heterocycles. The van der Waals surface area contributed by atoms with Crippen molar-refractivity contribution in [3.8, 4) is 16.9 Å². The molecule has 3 aromatic carbocycles. The molecule has 4 heteroatoms. The molecular weight excluding hydrogens is 330 g/mol. The number of hydrogen-bond acceptors (Lipinski definition) is 3. The second kappa shape index (κ2) is 6.57. The highest BCUT2D eigenvalue weighted by molar-refractivity contribution is 7.14. The zero-order chi connectivity index (χ0) is 17.2. The summed E-state index contributed by atoms with van der Waals surface area (Å²) in [4.78, 5) is 13.0. The van der Waals surface area contributed by atoms with Crippen LogP contribution in [0.4, 0.5) is 0 Å². The maximum atomic E-state index is 13.0. The van der Waals surface area contributed by atoms with Gasteiger partial charge in [-0.25, -0.2) is 0 Å². The Morgan fingerprint density at radius 2 is 1.76 bits per heavy atom. The summed E-state index contributed by atoms with van der Waals surface area (Å²) in [6.45, 7) is 0.594. The summed E-state index contributed by atoms with van der Waals surface area (Å²) in [6, 6.07) is 23.9. The summed E-state index contributed by atoms with van der Waals surface area (Å²) in [5, 5.41) is 0.775. The monoisotopic (exact) mass is 347 g/mol. The Bertz CT molecular complexity index is 1080. The van der Waals surface area contributed by atoms with E-state index in [0.29, 0.717) is 6.54 Å². The number of benzene rings is 3. The van der Waals surface area contributed by atoms with E-state index >= 15 is 0 Å². The first-order valence-corrected chi connectivity index (χ1v) is 8.85. The van der Waals surface area contributed by atoms with Gasteiger partial charge in [-0.3, -0.25) is 8.75 Å². The molecule has 3 nitrogen and oxygen atoms in total. The summed E-state index contributed by atoms with van der Waals surface area (Å²) < 4.78 is 8.15. The van der Waals surface area contributed by atoms with E-state index in [-0.39, 0.29) is 5.56 Å². The first-order chi connectivity index (χ1) is 12.3. The predicted molar refractivity (Wildman–Crippen MR) is 104 cm³/mol. The van der Waals surface area contributed by atoms with E-state index in [2.05, 4.69) is 0 Å². The van der Waals surface area contributed by atoms with Gasteiger partial charge in [0, 0.05) is 0 Å². The number of rotatable bonds is 4. The first kappa shape index (κ1) is 15.7. The predicted octanol–water partition coefficient (Wildman–Crippen LogP) is 4.79. The number of methoxy groups -OCH3 is 1. The zero-order valence-corrected chi connectivity index (χ0v) is 14.6. The second-order valence-corrected chi connectivity index (χ2v) is 6.89. The molecule has 4 aromatic rings.